The van der Waals surface area contributed by atoms with E-state index in [-0.39, 0.29) is 11.6 Å². The lowest BCUT2D eigenvalue weighted by molar-refractivity contribution is 0.0666. The first-order valence-corrected chi connectivity index (χ1v) is 4.99. The Morgan fingerprint density at radius 3 is 2.50 bits per heavy atom. The van der Waals surface area contributed by atoms with Gasteiger partial charge in [0.15, 0.2) is 0 Å². The average molecular weight is 200 g/mol. The number of cyclic esters (lactones) is 1. The maximum absolute atomic E-state index is 11.6. The third-order valence-electron chi connectivity index (χ3n) is 2.53. The Bertz CT molecular complexity index is 235. The van der Waals surface area contributed by atoms with Crippen molar-refractivity contribution >= 4 is 6.09 Å². The third-order valence-corrected chi connectivity index (χ3v) is 2.53. The summed E-state index contributed by atoms with van der Waals surface area (Å²) in [5.41, 5.74) is 4.90. The van der Waals surface area contributed by atoms with Crippen molar-refractivity contribution in [1.82, 2.24) is 4.90 Å². The molecule has 0 aromatic carbocycles. The largest absolute Gasteiger partial charge is 0.441 e. The molecule has 1 saturated heterocycles. The number of carbonyl (C=O) groups excluding carboxylic acids is 1. The molecule has 4 heteroatoms. The molecule has 14 heavy (non-hydrogen) atoms. The van der Waals surface area contributed by atoms with Gasteiger partial charge in [-0.3, -0.25) is 4.90 Å². The van der Waals surface area contributed by atoms with Crippen molar-refractivity contribution in [2.75, 3.05) is 13.1 Å². The zero-order valence-corrected chi connectivity index (χ0v) is 9.46. The Kier molecular flexibility index (Phi) is 2.76. The number of ether oxygens (including phenoxy) is 1. The number of hydrogen-bond acceptors (Lipinski definition) is 3. The molecule has 4 nitrogen and oxygen atoms in total. The topological polar surface area (TPSA) is 55.6 Å². The van der Waals surface area contributed by atoms with E-state index in [1.165, 1.54) is 0 Å². The van der Waals surface area contributed by atoms with Crippen LogP contribution < -0.4 is 5.73 Å². The number of nitrogens with two attached hydrogens (primary N) is 1. The summed E-state index contributed by atoms with van der Waals surface area (Å²) in [6, 6.07) is 0. The summed E-state index contributed by atoms with van der Waals surface area (Å²) < 4.78 is 5.34. The van der Waals surface area contributed by atoms with Gasteiger partial charge in [0.2, 0.25) is 0 Å². The van der Waals surface area contributed by atoms with E-state index in [1.54, 1.807) is 4.90 Å². The molecular weight excluding hydrogens is 180 g/mol. The molecule has 1 rings (SSSR count). The predicted octanol–water partition coefficient (Wildman–Crippen LogP) is 1.34. The molecule has 2 N–H and O–H groups in total. The summed E-state index contributed by atoms with van der Waals surface area (Å²) in [4.78, 5) is 13.3. The highest BCUT2D eigenvalue weighted by atomic mass is 16.6. The number of rotatable bonds is 2. The number of nitrogens with zero attached hydrogens (tertiary/aromatic N) is 1. The summed E-state index contributed by atoms with van der Waals surface area (Å²) >= 11 is 0. The van der Waals surface area contributed by atoms with Crippen LogP contribution in [0.15, 0.2) is 0 Å². The Balaban J connectivity index is 2.74. The minimum atomic E-state index is -0.404. The second kappa shape index (κ2) is 3.42. The molecule has 0 radical (unpaired) electrons. The van der Waals surface area contributed by atoms with Gasteiger partial charge in [0.05, 0.1) is 6.54 Å². The van der Waals surface area contributed by atoms with Crippen LogP contribution in [0.3, 0.4) is 0 Å². The molecule has 82 valence electrons. The summed E-state index contributed by atoms with van der Waals surface area (Å²) in [5.74, 6) is 0. The Morgan fingerprint density at radius 2 is 2.14 bits per heavy atom. The molecular formula is C10H20N2O2. The van der Waals surface area contributed by atoms with Crippen LogP contribution in [-0.2, 0) is 4.74 Å². The summed E-state index contributed by atoms with van der Waals surface area (Å²) in [6.07, 6.45) is 0.485. The standard InChI is InChI=1S/C10H20N2O2/c1-9(2,3)12-7-10(4,5-6-11)14-8(12)13/h5-7,11H2,1-4H3. The van der Waals surface area contributed by atoms with Gasteiger partial charge in [-0.05, 0) is 34.2 Å². The van der Waals surface area contributed by atoms with Crippen molar-refractivity contribution in [3.8, 4) is 0 Å². The van der Waals surface area contributed by atoms with Gasteiger partial charge >= 0.3 is 6.09 Å². The smallest absolute Gasteiger partial charge is 0.410 e. The molecule has 0 aromatic rings. The average Bonchev–Trinajstić information content (AvgIpc) is 2.26. The Hall–Kier alpha value is -0.770. The van der Waals surface area contributed by atoms with Crippen molar-refractivity contribution < 1.29 is 9.53 Å². The first-order chi connectivity index (χ1) is 6.28. The molecule has 1 aliphatic heterocycles. The normalized spacial score (nSPS) is 28.1. The van der Waals surface area contributed by atoms with E-state index >= 15 is 0 Å². The van der Waals surface area contributed by atoms with Crippen LogP contribution in [0.5, 0.6) is 0 Å². The van der Waals surface area contributed by atoms with E-state index in [0.29, 0.717) is 19.5 Å². The zero-order chi connectivity index (χ0) is 11.0. The van der Waals surface area contributed by atoms with Crippen LogP contribution in [-0.4, -0.2) is 35.2 Å². The fourth-order valence-corrected chi connectivity index (χ4v) is 1.64. The molecule has 0 spiro atoms. The maximum atomic E-state index is 11.6. The van der Waals surface area contributed by atoms with Gasteiger partial charge in [0, 0.05) is 12.0 Å². The zero-order valence-electron chi connectivity index (χ0n) is 9.46. The van der Waals surface area contributed by atoms with Crippen molar-refractivity contribution in [3.63, 3.8) is 0 Å². The van der Waals surface area contributed by atoms with Crippen molar-refractivity contribution in [2.24, 2.45) is 5.73 Å². The van der Waals surface area contributed by atoms with Crippen molar-refractivity contribution in [2.45, 2.75) is 45.3 Å². The Labute approximate surface area is 85.4 Å². The molecule has 1 heterocycles. The van der Waals surface area contributed by atoms with Gasteiger partial charge in [-0.15, -0.1) is 0 Å². The summed E-state index contributed by atoms with van der Waals surface area (Å²) in [5, 5.41) is 0. The van der Waals surface area contributed by atoms with Gasteiger partial charge in [-0.1, -0.05) is 0 Å². The minimum Gasteiger partial charge on any atom is -0.441 e. The highest BCUT2D eigenvalue weighted by molar-refractivity contribution is 5.71. The first-order valence-electron chi connectivity index (χ1n) is 4.99. The van der Waals surface area contributed by atoms with Gasteiger partial charge in [0.25, 0.3) is 0 Å². The molecule has 0 bridgehead atoms. The van der Waals surface area contributed by atoms with Crippen molar-refractivity contribution in [3.05, 3.63) is 0 Å². The van der Waals surface area contributed by atoms with Crippen LogP contribution in [0.25, 0.3) is 0 Å². The van der Waals surface area contributed by atoms with E-state index in [2.05, 4.69) is 0 Å². The van der Waals surface area contributed by atoms with E-state index < -0.39 is 5.60 Å². The summed E-state index contributed by atoms with van der Waals surface area (Å²) in [7, 11) is 0. The van der Waals surface area contributed by atoms with E-state index in [4.69, 9.17) is 10.5 Å². The minimum absolute atomic E-state index is 0.177. The fourth-order valence-electron chi connectivity index (χ4n) is 1.64. The van der Waals surface area contributed by atoms with Gasteiger partial charge in [-0.25, -0.2) is 4.79 Å². The van der Waals surface area contributed by atoms with Gasteiger partial charge in [-0.2, -0.15) is 0 Å². The van der Waals surface area contributed by atoms with Crippen LogP contribution in [0.4, 0.5) is 4.79 Å². The van der Waals surface area contributed by atoms with E-state index in [0.717, 1.165) is 0 Å². The highest BCUT2D eigenvalue weighted by Crippen LogP contribution is 2.30. The van der Waals surface area contributed by atoms with E-state index in [1.807, 2.05) is 27.7 Å². The SMILES string of the molecule is CC1(CCN)CN(C(C)(C)C)C(=O)O1. The molecule has 1 fully saturated rings. The summed E-state index contributed by atoms with van der Waals surface area (Å²) in [6.45, 7) is 9.12. The second-order valence-corrected chi connectivity index (χ2v) is 5.11. The number of hydrogen-bond donors (Lipinski definition) is 1. The molecule has 1 amide bonds. The van der Waals surface area contributed by atoms with Crippen molar-refractivity contribution in [1.29, 1.82) is 0 Å². The molecule has 0 aromatic heterocycles. The van der Waals surface area contributed by atoms with Gasteiger partial charge in [0.1, 0.15) is 5.60 Å². The number of carbonyl (C=O) groups is 1. The molecule has 1 atom stereocenters. The van der Waals surface area contributed by atoms with Crippen LogP contribution in [0, 0.1) is 0 Å². The Morgan fingerprint density at radius 1 is 1.57 bits per heavy atom. The highest BCUT2D eigenvalue weighted by Gasteiger charge is 2.44. The van der Waals surface area contributed by atoms with Crippen LogP contribution >= 0.6 is 0 Å². The molecule has 0 aliphatic carbocycles. The predicted molar refractivity (Wildman–Crippen MR) is 55.0 cm³/mol. The first kappa shape index (κ1) is 11.3. The monoisotopic (exact) mass is 200 g/mol. The quantitative estimate of drug-likeness (QED) is 0.732. The maximum Gasteiger partial charge on any atom is 0.410 e. The lowest BCUT2D eigenvalue weighted by Crippen LogP contribution is -2.43. The van der Waals surface area contributed by atoms with Crippen LogP contribution in [0.2, 0.25) is 0 Å². The third kappa shape index (κ3) is 2.18. The fraction of sp³-hybridized carbons (Fsp3) is 0.900. The molecule has 1 aliphatic rings. The number of amides is 1. The second-order valence-electron chi connectivity index (χ2n) is 5.11. The van der Waals surface area contributed by atoms with Crippen LogP contribution in [0.1, 0.15) is 34.1 Å². The van der Waals surface area contributed by atoms with Gasteiger partial charge < -0.3 is 10.5 Å². The van der Waals surface area contributed by atoms with E-state index in [9.17, 15) is 4.79 Å². The molecule has 1 unspecified atom stereocenters. The molecule has 0 saturated carbocycles. The lowest BCUT2D eigenvalue weighted by atomic mass is 10.00. The lowest BCUT2D eigenvalue weighted by Gasteiger charge is -2.30.